The van der Waals surface area contributed by atoms with E-state index in [1.54, 1.807) is 17.7 Å². The van der Waals surface area contributed by atoms with Crippen LogP contribution in [0.25, 0.3) is 0 Å². The second-order valence-electron chi connectivity index (χ2n) is 4.53. The Balaban J connectivity index is 2.25. The zero-order valence-corrected chi connectivity index (χ0v) is 11.2. The lowest BCUT2D eigenvalue weighted by Gasteiger charge is -2.16. The van der Waals surface area contributed by atoms with Crippen LogP contribution >= 0.6 is 0 Å². The SMILES string of the molecule is CCc1nn(C)cc1NC(C)c1cccc(F)c1F. The molecule has 0 saturated heterocycles. The number of nitrogens with zero attached hydrogens (tertiary/aromatic N) is 2. The lowest BCUT2D eigenvalue weighted by molar-refractivity contribution is 0.494. The fourth-order valence-electron chi connectivity index (χ4n) is 2.08. The van der Waals surface area contributed by atoms with Crippen LogP contribution < -0.4 is 5.32 Å². The van der Waals surface area contributed by atoms with E-state index >= 15 is 0 Å². The summed E-state index contributed by atoms with van der Waals surface area (Å²) in [4.78, 5) is 0. The molecule has 0 aliphatic rings. The van der Waals surface area contributed by atoms with E-state index < -0.39 is 11.6 Å². The zero-order valence-electron chi connectivity index (χ0n) is 11.2. The molecule has 1 unspecified atom stereocenters. The van der Waals surface area contributed by atoms with E-state index in [0.29, 0.717) is 5.56 Å². The van der Waals surface area contributed by atoms with Gasteiger partial charge in [-0.3, -0.25) is 4.68 Å². The first-order valence-corrected chi connectivity index (χ1v) is 6.26. The molecule has 0 spiro atoms. The van der Waals surface area contributed by atoms with Crippen molar-refractivity contribution in [1.82, 2.24) is 9.78 Å². The van der Waals surface area contributed by atoms with Crippen LogP contribution in [-0.2, 0) is 13.5 Å². The third-order valence-corrected chi connectivity index (χ3v) is 3.06. The summed E-state index contributed by atoms with van der Waals surface area (Å²) in [6, 6.07) is 3.88. The Kier molecular flexibility index (Phi) is 3.83. The minimum Gasteiger partial charge on any atom is -0.376 e. The van der Waals surface area contributed by atoms with Gasteiger partial charge in [0.15, 0.2) is 11.6 Å². The topological polar surface area (TPSA) is 29.9 Å². The van der Waals surface area contributed by atoms with E-state index in [1.807, 2.05) is 20.2 Å². The van der Waals surface area contributed by atoms with Crippen LogP contribution in [0.4, 0.5) is 14.5 Å². The fourth-order valence-corrected chi connectivity index (χ4v) is 2.08. The minimum atomic E-state index is -0.826. The maximum atomic E-state index is 13.7. The maximum Gasteiger partial charge on any atom is 0.164 e. The highest BCUT2D eigenvalue weighted by atomic mass is 19.2. The average molecular weight is 265 g/mol. The molecular weight excluding hydrogens is 248 g/mol. The third-order valence-electron chi connectivity index (χ3n) is 3.06. The van der Waals surface area contributed by atoms with Crippen molar-refractivity contribution in [2.45, 2.75) is 26.3 Å². The van der Waals surface area contributed by atoms with Gasteiger partial charge in [-0.05, 0) is 19.4 Å². The Morgan fingerprint density at radius 2 is 2.11 bits per heavy atom. The number of halogens is 2. The van der Waals surface area contributed by atoms with E-state index in [-0.39, 0.29) is 6.04 Å². The van der Waals surface area contributed by atoms with Crippen LogP contribution in [0.2, 0.25) is 0 Å². The van der Waals surface area contributed by atoms with Gasteiger partial charge in [0.05, 0.1) is 17.4 Å². The van der Waals surface area contributed by atoms with Crippen molar-refractivity contribution in [3.8, 4) is 0 Å². The molecule has 0 fully saturated rings. The summed E-state index contributed by atoms with van der Waals surface area (Å²) in [6.07, 6.45) is 2.62. The summed E-state index contributed by atoms with van der Waals surface area (Å²) in [5, 5.41) is 7.48. The molecular formula is C14H17F2N3. The van der Waals surface area contributed by atoms with E-state index in [1.165, 1.54) is 6.07 Å². The van der Waals surface area contributed by atoms with Crippen LogP contribution in [0.1, 0.15) is 31.1 Å². The standard InChI is InChI=1S/C14H17F2N3/c1-4-12-13(8-19(3)18-12)17-9(2)10-6-5-7-11(15)14(10)16/h5-9,17H,4H2,1-3H3. The summed E-state index contributed by atoms with van der Waals surface area (Å²) >= 11 is 0. The predicted octanol–water partition coefficient (Wildman–Crippen LogP) is 3.43. The lowest BCUT2D eigenvalue weighted by Crippen LogP contribution is -2.10. The largest absolute Gasteiger partial charge is 0.376 e. The van der Waals surface area contributed by atoms with Crippen molar-refractivity contribution >= 4 is 5.69 Å². The molecule has 3 nitrogen and oxygen atoms in total. The van der Waals surface area contributed by atoms with Crippen molar-refractivity contribution in [3.63, 3.8) is 0 Å². The second kappa shape index (κ2) is 5.38. The third kappa shape index (κ3) is 2.75. The molecule has 1 atom stereocenters. The van der Waals surface area contributed by atoms with Gasteiger partial charge in [0, 0.05) is 18.8 Å². The molecule has 1 N–H and O–H groups in total. The van der Waals surface area contributed by atoms with Gasteiger partial charge >= 0.3 is 0 Å². The molecule has 102 valence electrons. The Labute approximate surface area is 111 Å². The minimum absolute atomic E-state index is 0.311. The summed E-state index contributed by atoms with van der Waals surface area (Å²) < 4.78 is 28.6. The normalized spacial score (nSPS) is 12.5. The molecule has 1 heterocycles. The van der Waals surface area contributed by atoms with Gasteiger partial charge < -0.3 is 5.32 Å². The highest BCUT2D eigenvalue weighted by Gasteiger charge is 2.16. The molecule has 19 heavy (non-hydrogen) atoms. The van der Waals surface area contributed by atoms with Crippen molar-refractivity contribution in [2.24, 2.45) is 7.05 Å². The van der Waals surface area contributed by atoms with Gasteiger partial charge in [-0.1, -0.05) is 19.1 Å². The number of nitrogens with one attached hydrogen (secondary N) is 1. The molecule has 1 aromatic heterocycles. The average Bonchev–Trinajstić information content (AvgIpc) is 2.72. The Hall–Kier alpha value is -1.91. The van der Waals surface area contributed by atoms with Crippen molar-refractivity contribution in [3.05, 3.63) is 47.3 Å². The molecule has 0 aliphatic heterocycles. The van der Waals surface area contributed by atoms with E-state index in [0.717, 1.165) is 23.9 Å². The quantitative estimate of drug-likeness (QED) is 0.917. The molecule has 2 aromatic rings. The first-order chi connectivity index (χ1) is 9.02. The van der Waals surface area contributed by atoms with Gasteiger partial charge in [-0.25, -0.2) is 8.78 Å². The van der Waals surface area contributed by atoms with Gasteiger partial charge in [-0.2, -0.15) is 5.10 Å². The zero-order chi connectivity index (χ0) is 14.0. The molecule has 2 rings (SSSR count). The van der Waals surface area contributed by atoms with Gasteiger partial charge in [0.2, 0.25) is 0 Å². The van der Waals surface area contributed by atoms with Gasteiger partial charge in [0.25, 0.3) is 0 Å². The summed E-state index contributed by atoms with van der Waals surface area (Å²) in [7, 11) is 1.83. The Morgan fingerprint density at radius 3 is 2.79 bits per heavy atom. The molecule has 0 aliphatic carbocycles. The number of aromatic nitrogens is 2. The number of hydrogen-bond donors (Lipinski definition) is 1. The van der Waals surface area contributed by atoms with Crippen LogP contribution in [0, 0.1) is 11.6 Å². The number of hydrogen-bond acceptors (Lipinski definition) is 2. The molecule has 1 aromatic carbocycles. The number of benzene rings is 1. The number of anilines is 1. The van der Waals surface area contributed by atoms with Crippen molar-refractivity contribution < 1.29 is 8.78 Å². The van der Waals surface area contributed by atoms with Crippen molar-refractivity contribution in [1.29, 1.82) is 0 Å². The highest BCUT2D eigenvalue weighted by molar-refractivity contribution is 5.48. The molecule has 0 amide bonds. The molecule has 5 heteroatoms. The Morgan fingerprint density at radius 1 is 1.37 bits per heavy atom. The summed E-state index contributed by atoms with van der Waals surface area (Å²) in [5.74, 6) is -1.63. The monoisotopic (exact) mass is 265 g/mol. The van der Waals surface area contributed by atoms with Crippen LogP contribution in [0.3, 0.4) is 0 Å². The van der Waals surface area contributed by atoms with E-state index in [2.05, 4.69) is 10.4 Å². The first kappa shape index (κ1) is 13.5. The van der Waals surface area contributed by atoms with Crippen LogP contribution in [0.15, 0.2) is 24.4 Å². The van der Waals surface area contributed by atoms with Crippen LogP contribution in [-0.4, -0.2) is 9.78 Å². The van der Waals surface area contributed by atoms with Crippen LogP contribution in [0.5, 0.6) is 0 Å². The molecule has 0 saturated carbocycles. The van der Waals surface area contributed by atoms with Gasteiger partial charge in [-0.15, -0.1) is 0 Å². The fraction of sp³-hybridized carbons (Fsp3) is 0.357. The second-order valence-corrected chi connectivity index (χ2v) is 4.53. The maximum absolute atomic E-state index is 13.7. The van der Waals surface area contributed by atoms with Crippen molar-refractivity contribution in [2.75, 3.05) is 5.32 Å². The Bertz CT molecular complexity index is 578. The summed E-state index contributed by atoms with van der Waals surface area (Å²) in [5.41, 5.74) is 2.07. The first-order valence-electron chi connectivity index (χ1n) is 6.26. The van der Waals surface area contributed by atoms with E-state index in [4.69, 9.17) is 0 Å². The van der Waals surface area contributed by atoms with E-state index in [9.17, 15) is 8.78 Å². The lowest BCUT2D eigenvalue weighted by atomic mass is 10.1. The smallest absolute Gasteiger partial charge is 0.164 e. The predicted molar refractivity (Wildman–Crippen MR) is 71.0 cm³/mol. The molecule has 0 radical (unpaired) electrons. The number of aryl methyl sites for hydroxylation is 2. The highest BCUT2D eigenvalue weighted by Crippen LogP contribution is 2.24. The molecule has 0 bridgehead atoms. The number of rotatable bonds is 4. The summed E-state index contributed by atoms with van der Waals surface area (Å²) in [6.45, 7) is 3.80. The van der Waals surface area contributed by atoms with Gasteiger partial charge in [0.1, 0.15) is 0 Å².